The maximum atomic E-state index is 11.5. The Hall–Kier alpha value is -2.62. The largest absolute Gasteiger partial charge is 0.326 e. The Kier molecular flexibility index (Phi) is 4.26. The summed E-state index contributed by atoms with van der Waals surface area (Å²) < 4.78 is 0. The topological polar surface area (TPSA) is 53.5 Å². The minimum absolute atomic E-state index is 0.0983. The minimum atomic E-state index is 0.0983. The summed E-state index contributed by atoms with van der Waals surface area (Å²) in [6.45, 7) is 2.02. The summed E-state index contributed by atoms with van der Waals surface area (Å²) >= 11 is 0. The summed E-state index contributed by atoms with van der Waals surface area (Å²) in [6.07, 6.45) is 6.19. The van der Waals surface area contributed by atoms with E-state index in [0.29, 0.717) is 6.42 Å². The highest BCUT2D eigenvalue weighted by atomic mass is 16.1. The van der Waals surface area contributed by atoms with E-state index < -0.39 is 0 Å². The summed E-state index contributed by atoms with van der Waals surface area (Å²) in [5, 5.41) is 7.54. The second-order valence-electron chi connectivity index (χ2n) is 6.88. The van der Waals surface area contributed by atoms with Crippen LogP contribution in [0.5, 0.6) is 0 Å². The molecule has 0 unspecified atom stereocenters. The molecule has 25 heavy (non-hydrogen) atoms. The van der Waals surface area contributed by atoms with Gasteiger partial charge >= 0.3 is 0 Å². The molecule has 0 aromatic heterocycles. The van der Waals surface area contributed by atoms with Crippen molar-refractivity contribution in [1.29, 1.82) is 0 Å². The molecule has 128 valence electrons. The van der Waals surface area contributed by atoms with Crippen molar-refractivity contribution in [2.75, 3.05) is 10.7 Å². The van der Waals surface area contributed by atoms with Crippen LogP contribution in [-0.4, -0.2) is 11.6 Å². The fourth-order valence-electron chi connectivity index (χ4n) is 3.70. The molecule has 0 bridgehead atoms. The van der Waals surface area contributed by atoms with Crippen LogP contribution in [0.2, 0.25) is 0 Å². The van der Waals surface area contributed by atoms with Gasteiger partial charge in [0.05, 0.1) is 11.4 Å². The maximum absolute atomic E-state index is 11.5. The highest BCUT2D eigenvalue weighted by Crippen LogP contribution is 2.28. The van der Waals surface area contributed by atoms with Gasteiger partial charge in [0, 0.05) is 12.1 Å². The van der Waals surface area contributed by atoms with E-state index in [1.54, 1.807) is 0 Å². The Balaban J connectivity index is 1.55. The number of amides is 1. The molecular formula is C21H23N3O. The van der Waals surface area contributed by atoms with Crippen molar-refractivity contribution in [3.8, 4) is 0 Å². The highest BCUT2D eigenvalue weighted by molar-refractivity contribution is 6.01. The molecule has 2 N–H and O–H groups in total. The van der Waals surface area contributed by atoms with E-state index >= 15 is 0 Å². The van der Waals surface area contributed by atoms with E-state index in [0.717, 1.165) is 35.5 Å². The standard InChI is InChI=1S/C21H23N3O/c1-14(16-9-11-19-17(13-16)10-12-21(25)22-19)23-24-20-8-4-6-15-5-2-3-7-18(15)20/h4,6,8-9,11,13,24H,2-3,5,7,10,12H2,1H3,(H,22,25). The number of fused-ring (bicyclic) bond motifs is 2. The zero-order valence-corrected chi connectivity index (χ0v) is 14.6. The van der Waals surface area contributed by atoms with Gasteiger partial charge in [-0.2, -0.15) is 5.10 Å². The molecule has 4 heteroatoms. The highest BCUT2D eigenvalue weighted by Gasteiger charge is 2.15. The van der Waals surface area contributed by atoms with E-state index in [1.807, 2.05) is 19.1 Å². The monoisotopic (exact) mass is 333 g/mol. The number of benzene rings is 2. The number of nitrogens with zero attached hydrogens (tertiary/aromatic N) is 1. The molecule has 0 radical (unpaired) electrons. The van der Waals surface area contributed by atoms with E-state index in [2.05, 4.69) is 40.1 Å². The first-order valence-electron chi connectivity index (χ1n) is 9.05. The van der Waals surface area contributed by atoms with Gasteiger partial charge < -0.3 is 5.32 Å². The maximum Gasteiger partial charge on any atom is 0.224 e. The Morgan fingerprint density at radius 3 is 2.84 bits per heavy atom. The van der Waals surface area contributed by atoms with Crippen LogP contribution in [0.25, 0.3) is 0 Å². The van der Waals surface area contributed by atoms with Gasteiger partial charge in [0.15, 0.2) is 0 Å². The minimum Gasteiger partial charge on any atom is -0.326 e. The van der Waals surface area contributed by atoms with E-state index in [9.17, 15) is 4.79 Å². The van der Waals surface area contributed by atoms with Crippen LogP contribution in [0, 0.1) is 0 Å². The number of rotatable bonds is 3. The van der Waals surface area contributed by atoms with Crippen LogP contribution in [0.1, 0.15) is 48.4 Å². The Morgan fingerprint density at radius 1 is 1.04 bits per heavy atom. The van der Waals surface area contributed by atoms with Crippen LogP contribution in [-0.2, 0) is 24.1 Å². The Morgan fingerprint density at radius 2 is 1.92 bits per heavy atom. The van der Waals surface area contributed by atoms with Crippen molar-refractivity contribution in [1.82, 2.24) is 0 Å². The van der Waals surface area contributed by atoms with E-state index in [4.69, 9.17) is 0 Å². The first kappa shape index (κ1) is 15.9. The molecule has 1 aliphatic heterocycles. The SMILES string of the molecule is CC(=NNc1cccc2c1CCCC2)c1ccc2c(c1)CCC(=O)N2. The molecule has 0 atom stereocenters. The van der Waals surface area contributed by atoms with Gasteiger partial charge in [-0.1, -0.05) is 18.2 Å². The van der Waals surface area contributed by atoms with Gasteiger partial charge in [-0.05, 0) is 79.5 Å². The number of nitrogens with one attached hydrogen (secondary N) is 2. The van der Waals surface area contributed by atoms with Crippen LogP contribution in [0.3, 0.4) is 0 Å². The quantitative estimate of drug-likeness (QED) is 0.650. The predicted molar refractivity (Wildman–Crippen MR) is 102 cm³/mol. The average Bonchev–Trinajstić information content (AvgIpc) is 2.65. The van der Waals surface area contributed by atoms with Crippen molar-refractivity contribution in [2.24, 2.45) is 5.10 Å². The van der Waals surface area contributed by atoms with Crippen LogP contribution >= 0.6 is 0 Å². The summed E-state index contributed by atoms with van der Waals surface area (Å²) in [6, 6.07) is 12.6. The number of carbonyl (C=O) groups is 1. The first-order valence-corrected chi connectivity index (χ1v) is 9.05. The molecule has 4 rings (SSSR count). The molecule has 0 fully saturated rings. The van der Waals surface area contributed by atoms with E-state index in [-0.39, 0.29) is 5.91 Å². The van der Waals surface area contributed by atoms with Gasteiger partial charge in [0.1, 0.15) is 0 Å². The summed E-state index contributed by atoms with van der Waals surface area (Å²) in [4.78, 5) is 11.5. The molecule has 0 saturated carbocycles. The Labute approximate surface area is 148 Å². The molecule has 1 amide bonds. The molecule has 1 heterocycles. The van der Waals surface area contributed by atoms with Gasteiger partial charge in [-0.3, -0.25) is 10.2 Å². The molecule has 2 aliphatic rings. The lowest BCUT2D eigenvalue weighted by Gasteiger charge is -2.19. The number of hydrogen-bond acceptors (Lipinski definition) is 3. The number of aryl methyl sites for hydroxylation is 2. The summed E-state index contributed by atoms with van der Waals surface area (Å²) in [5.41, 5.74) is 11.4. The molecular weight excluding hydrogens is 310 g/mol. The molecule has 4 nitrogen and oxygen atoms in total. The smallest absolute Gasteiger partial charge is 0.224 e. The van der Waals surface area contributed by atoms with Crippen molar-refractivity contribution >= 4 is 23.0 Å². The fourth-order valence-corrected chi connectivity index (χ4v) is 3.70. The third-order valence-corrected chi connectivity index (χ3v) is 5.16. The fraction of sp³-hybridized carbons (Fsp3) is 0.333. The molecule has 2 aromatic carbocycles. The van der Waals surface area contributed by atoms with Crippen LogP contribution < -0.4 is 10.7 Å². The second-order valence-corrected chi connectivity index (χ2v) is 6.88. The second kappa shape index (κ2) is 6.71. The third kappa shape index (κ3) is 3.29. The number of hydrazone groups is 1. The van der Waals surface area contributed by atoms with Crippen molar-refractivity contribution in [3.63, 3.8) is 0 Å². The van der Waals surface area contributed by atoms with Gasteiger partial charge in [-0.25, -0.2) is 0 Å². The van der Waals surface area contributed by atoms with Crippen molar-refractivity contribution in [3.05, 3.63) is 58.7 Å². The van der Waals surface area contributed by atoms with Crippen molar-refractivity contribution in [2.45, 2.75) is 45.4 Å². The number of anilines is 2. The normalized spacial score (nSPS) is 16.7. The summed E-state index contributed by atoms with van der Waals surface area (Å²) in [5.74, 6) is 0.0983. The molecule has 2 aromatic rings. The third-order valence-electron chi connectivity index (χ3n) is 5.16. The first-order chi connectivity index (χ1) is 12.2. The van der Waals surface area contributed by atoms with Gasteiger partial charge in [0.2, 0.25) is 5.91 Å². The van der Waals surface area contributed by atoms with Crippen LogP contribution in [0.15, 0.2) is 41.5 Å². The van der Waals surface area contributed by atoms with Gasteiger partial charge in [0.25, 0.3) is 0 Å². The van der Waals surface area contributed by atoms with Crippen LogP contribution in [0.4, 0.5) is 11.4 Å². The Bertz CT molecular complexity index is 854. The predicted octanol–water partition coefficient (Wildman–Crippen LogP) is 4.29. The van der Waals surface area contributed by atoms with Gasteiger partial charge in [-0.15, -0.1) is 0 Å². The zero-order chi connectivity index (χ0) is 17.2. The lowest BCUT2D eigenvalue weighted by Crippen LogP contribution is -2.19. The van der Waals surface area contributed by atoms with E-state index in [1.165, 1.54) is 36.0 Å². The zero-order valence-electron chi connectivity index (χ0n) is 14.6. The molecule has 0 spiro atoms. The number of hydrogen-bond donors (Lipinski definition) is 2. The lowest BCUT2D eigenvalue weighted by molar-refractivity contribution is -0.116. The molecule has 0 saturated heterocycles. The average molecular weight is 333 g/mol. The number of carbonyl (C=O) groups excluding carboxylic acids is 1. The van der Waals surface area contributed by atoms with Crippen molar-refractivity contribution < 1.29 is 4.79 Å². The lowest BCUT2D eigenvalue weighted by atomic mass is 9.90. The summed E-state index contributed by atoms with van der Waals surface area (Å²) in [7, 11) is 0. The molecule has 1 aliphatic carbocycles.